The lowest BCUT2D eigenvalue weighted by molar-refractivity contribution is 1.62. The SMILES string of the molecule is Cl.Cl.Cl.Cl.Cl.c1ccc(-c2ccccc2)cc1. The molecule has 0 bridgehead atoms. The van der Waals surface area contributed by atoms with Crippen LogP contribution in [-0.2, 0) is 0 Å². The van der Waals surface area contributed by atoms with Crippen molar-refractivity contribution in [2.45, 2.75) is 0 Å². The van der Waals surface area contributed by atoms with Gasteiger partial charge in [0.1, 0.15) is 0 Å². The fraction of sp³-hybridized carbons (Fsp3) is 0. The molecule has 0 unspecified atom stereocenters. The third kappa shape index (κ3) is 7.75. The van der Waals surface area contributed by atoms with E-state index in [0.717, 1.165) is 0 Å². The lowest BCUT2D eigenvalue weighted by Crippen LogP contribution is -1.73. The van der Waals surface area contributed by atoms with Gasteiger partial charge < -0.3 is 0 Å². The van der Waals surface area contributed by atoms with Gasteiger partial charge in [0.2, 0.25) is 0 Å². The molecule has 0 heterocycles. The van der Waals surface area contributed by atoms with Crippen LogP contribution in [0.2, 0.25) is 0 Å². The van der Waals surface area contributed by atoms with Crippen LogP contribution in [0, 0.1) is 0 Å². The third-order valence-corrected chi connectivity index (χ3v) is 1.88. The van der Waals surface area contributed by atoms with Crippen molar-refractivity contribution in [1.29, 1.82) is 0 Å². The van der Waals surface area contributed by atoms with E-state index in [4.69, 9.17) is 0 Å². The minimum Gasteiger partial charge on any atom is -0.147 e. The summed E-state index contributed by atoms with van der Waals surface area (Å²) in [5.41, 5.74) is 2.55. The molecule has 0 atom stereocenters. The maximum Gasteiger partial charge on any atom is -0.0184 e. The average molecular weight is 337 g/mol. The first kappa shape index (κ1) is 25.7. The molecule has 2 aromatic carbocycles. The monoisotopic (exact) mass is 334 g/mol. The molecule has 0 aliphatic heterocycles. The van der Waals surface area contributed by atoms with Crippen molar-refractivity contribution < 1.29 is 0 Å². The van der Waals surface area contributed by atoms with E-state index < -0.39 is 0 Å². The van der Waals surface area contributed by atoms with E-state index >= 15 is 0 Å². The molecule has 0 N–H and O–H groups in total. The van der Waals surface area contributed by atoms with Crippen molar-refractivity contribution in [2.75, 3.05) is 0 Å². The first-order valence-corrected chi connectivity index (χ1v) is 4.07. The molecule has 5 heteroatoms. The molecule has 0 amide bonds. The largest absolute Gasteiger partial charge is 0.147 e. The summed E-state index contributed by atoms with van der Waals surface area (Å²) in [4.78, 5) is 0. The maximum atomic E-state index is 2.12. The summed E-state index contributed by atoms with van der Waals surface area (Å²) in [7, 11) is 0. The first-order valence-electron chi connectivity index (χ1n) is 4.07. The Morgan fingerprint density at radius 1 is 0.353 bits per heavy atom. The Balaban J connectivity index is -0.000000169. The number of hydrogen-bond acceptors (Lipinski definition) is 0. The van der Waals surface area contributed by atoms with Gasteiger partial charge in [-0.3, -0.25) is 0 Å². The van der Waals surface area contributed by atoms with Crippen molar-refractivity contribution in [1.82, 2.24) is 0 Å². The van der Waals surface area contributed by atoms with Crippen molar-refractivity contribution in [3.05, 3.63) is 60.7 Å². The normalized spacial score (nSPS) is 6.82. The van der Waals surface area contributed by atoms with Crippen LogP contribution in [-0.4, -0.2) is 0 Å². The van der Waals surface area contributed by atoms with Crippen molar-refractivity contribution in [2.24, 2.45) is 0 Å². The van der Waals surface area contributed by atoms with Gasteiger partial charge in [-0.25, -0.2) is 0 Å². The quantitative estimate of drug-likeness (QED) is 0.648. The van der Waals surface area contributed by atoms with Gasteiger partial charge in [-0.1, -0.05) is 60.7 Å². The second-order valence-electron chi connectivity index (χ2n) is 2.73. The lowest BCUT2D eigenvalue weighted by atomic mass is 10.1. The van der Waals surface area contributed by atoms with E-state index in [2.05, 4.69) is 48.5 Å². The fourth-order valence-electron chi connectivity index (χ4n) is 1.26. The first-order chi connectivity index (χ1) is 5.97. The highest BCUT2D eigenvalue weighted by Gasteiger charge is 1.91. The van der Waals surface area contributed by atoms with E-state index in [0.29, 0.717) is 0 Å². The molecule has 2 rings (SSSR count). The van der Waals surface area contributed by atoms with E-state index in [1.54, 1.807) is 0 Å². The van der Waals surface area contributed by atoms with Crippen LogP contribution in [0.3, 0.4) is 0 Å². The maximum absolute atomic E-state index is 2.12. The zero-order chi connectivity index (χ0) is 8.23. The second kappa shape index (κ2) is 14.0. The van der Waals surface area contributed by atoms with Gasteiger partial charge in [-0.15, -0.1) is 62.0 Å². The minimum absolute atomic E-state index is 0. The Morgan fingerprint density at radius 3 is 0.824 bits per heavy atom. The molecular formula is C12H15Cl5. The van der Waals surface area contributed by atoms with Crippen molar-refractivity contribution in [3.8, 4) is 11.1 Å². The molecule has 2 aromatic rings. The predicted octanol–water partition coefficient (Wildman–Crippen LogP) is 5.46. The van der Waals surface area contributed by atoms with Crippen molar-refractivity contribution >= 4 is 62.0 Å². The molecule has 17 heavy (non-hydrogen) atoms. The molecule has 0 aliphatic rings. The molecule has 0 spiro atoms. The highest BCUT2D eigenvalue weighted by atomic mass is 35.5. The van der Waals surface area contributed by atoms with Crippen LogP contribution in [0.5, 0.6) is 0 Å². The van der Waals surface area contributed by atoms with Crippen LogP contribution >= 0.6 is 62.0 Å². The topological polar surface area (TPSA) is 0 Å². The van der Waals surface area contributed by atoms with Gasteiger partial charge in [-0.05, 0) is 11.1 Å². The minimum atomic E-state index is 0. The predicted molar refractivity (Wildman–Crippen MR) is 88.1 cm³/mol. The highest BCUT2D eigenvalue weighted by molar-refractivity contribution is 5.86. The van der Waals surface area contributed by atoms with Gasteiger partial charge in [0.25, 0.3) is 0 Å². The average Bonchev–Trinajstić information content (AvgIpc) is 2.21. The highest BCUT2D eigenvalue weighted by Crippen LogP contribution is 2.17. The van der Waals surface area contributed by atoms with Crippen LogP contribution in [0.25, 0.3) is 11.1 Å². The second-order valence-corrected chi connectivity index (χ2v) is 2.73. The zero-order valence-corrected chi connectivity index (χ0v) is 12.9. The van der Waals surface area contributed by atoms with E-state index in [1.807, 2.05) is 12.1 Å². The molecule has 0 fully saturated rings. The number of hydrogen-bond donors (Lipinski definition) is 0. The summed E-state index contributed by atoms with van der Waals surface area (Å²) in [6, 6.07) is 20.8. The molecular weight excluding hydrogens is 321 g/mol. The van der Waals surface area contributed by atoms with Crippen LogP contribution in [0.1, 0.15) is 0 Å². The summed E-state index contributed by atoms with van der Waals surface area (Å²) in [5.74, 6) is 0. The standard InChI is InChI=1S/C12H10.5ClH/c1-3-7-11(8-4-1)12-9-5-2-6-10-12;;;;;/h1-10H;5*1H. The molecule has 0 saturated heterocycles. The van der Waals surface area contributed by atoms with Crippen molar-refractivity contribution in [3.63, 3.8) is 0 Å². The molecule has 98 valence electrons. The van der Waals surface area contributed by atoms with Crippen LogP contribution in [0.15, 0.2) is 60.7 Å². The Bertz CT molecular complexity index is 312. The number of benzene rings is 2. The number of halogens is 5. The summed E-state index contributed by atoms with van der Waals surface area (Å²) in [6.45, 7) is 0. The molecule has 0 saturated carbocycles. The Labute approximate surface area is 133 Å². The van der Waals surface area contributed by atoms with E-state index in [9.17, 15) is 0 Å². The summed E-state index contributed by atoms with van der Waals surface area (Å²) >= 11 is 0. The van der Waals surface area contributed by atoms with Gasteiger partial charge in [0, 0.05) is 0 Å². The van der Waals surface area contributed by atoms with Gasteiger partial charge >= 0.3 is 0 Å². The van der Waals surface area contributed by atoms with Gasteiger partial charge in [-0.2, -0.15) is 0 Å². The molecule has 0 nitrogen and oxygen atoms in total. The molecule has 0 aromatic heterocycles. The zero-order valence-electron chi connectivity index (χ0n) is 8.81. The van der Waals surface area contributed by atoms with E-state index in [-0.39, 0.29) is 62.0 Å². The van der Waals surface area contributed by atoms with Crippen LogP contribution < -0.4 is 0 Å². The fourth-order valence-corrected chi connectivity index (χ4v) is 1.26. The molecule has 0 aliphatic carbocycles. The van der Waals surface area contributed by atoms with E-state index in [1.165, 1.54) is 11.1 Å². The Kier molecular flexibility index (Phi) is 21.1. The molecule has 0 radical (unpaired) electrons. The summed E-state index contributed by atoms with van der Waals surface area (Å²) in [5, 5.41) is 0. The summed E-state index contributed by atoms with van der Waals surface area (Å²) in [6.07, 6.45) is 0. The smallest absolute Gasteiger partial charge is 0.0184 e. The number of rotatable bonds is 1. The lowest BCUT2D eigenvalue weighted by Gasteiger charge is -1.98. The van der Waals surface area contributed by atoms with Gasteiger partial charge in [0.05, 0.1) is 0 Å². The Morgan fingerprint density at radius 2 is 0.588 bits per heavy atom. The third-order valence-electron chi connectivity index (χ3n) is 1.88. The summed E-state index contributed by atoms with van der Waals surface area (Å²) < 4.78 is 0. The Hall–Kier alpha value is -0.110. The van der Waals surface area contributed by atoms with Gasteiger partial charge in [0.15, 0.2) is 0 Å². The van der Waals surface area contributed by atoms with Crippen LogP contribution in [0.4, 0.5) is 0 Å².